The average Bonchev–Trinajstić information content (AvgIpc) is 2.68. The first-order valence-electron chi connectivity index (χ1n) is 5.56. The molecule has 3 rings (SSSR count). The first kappa shape index (κ1) is 9.91. The number of aromatic amines is 1. The molecule has 2 heterocycles. The highest BCUT2D eigenvalue weighted by atomic mass is 16.1. The Morgan fingerprint density at radius 3 is 3.12 bits per heavy atom. The highest BCUT2D eigenvalue weighted by Crippen LogP contribution is 2.21. The molecule has 17 heavy (non-hydrogen) atoms. The van der Waals surface area contributed by atoms with Gasteiger partial charge < -0.3 is 4.98 Å². The maximum Gasteiger partial charge on any atom is 0.256 e. The number of hydrogen-bond acceptors (Lipinski definition) is 2. The molecule has 0 aliphatic heterocycles. The van der Waals surface area contributed by atoms with E-state index in [1.54, 1.807) is 11.3 Å². The van der Waals surface area contributed by atoms with Gasteiger partial charge in [-0.15, -0.1) is 0 Å². The molecular formula is C13H11N3O. The zero-order valence-electron chi connectivity index (χ0n) is 9.45. The molecule has 0 radical (unpaired) electrons. The quantitative estimate of drug-likeness (QED) is 0.742. The Labute approximate surface area is 97.8 Å². The van der Waals surface area contributed by atoms with Crippen LogP contribution in [-0.4, -0.2) is 9.38 Å². The summed E-state index contributed by atoms with van der Waals surface area (Å²) in [6, 6.07) is 3.69. The summed E-state index contributed by atoms with van der Waals surface area (Å²) < 4.78 is 1.63. The van der Waals surface area contributed by atoms with E-state index in [2.05, 4.69) is 17.1 Å². The van der Waals surface area contributed by atoms with Crippen molar-refractivity contribution in [1.29, 1.82) is 5.26 Å². The lowest BCUT2D eigenvalue weighted by atomic mass is 10.1. The van der Waals surface area contributed by atoms with Crippen molar-refractivity contribution < 1.29 is 0 Å². The minimum absolute atomic E-state index is 0.0655. The average molecular weight is 225 g/mol. The molecule has 4 nitrogen and oxygen atoms in total. The number of aryl methyl sites for hydroxylation is 2. The van der Waals surface area contributed by atoms with Gasteiger partial charge in [-0.25, -0.2) is 0 Å². The fraction of sp³-hybridized carbons (Fsp3) is 0.231. The number of nitrogens with zero attached hydrogens (tertiary/aromatic N) is 2. The van der Waals surface area contributed by atoms with E-state index in [1.165, 1.54) is 6.07 Å². The number of nitriles is 1. The minimum Gasteiger partial charge on any atom is -0.339 e. The van der Waals surface area contributed by atoms with Crippen molar-refractivity contribution in [2.75, 3.05) is 0 Å². The van der Waals surface area contributed by atoms with Crippen molar-refractivity contribution in [3.63, 3.8) is 0 Å². The Morgan fingerprint density at radius 1 is 1.53 bits per heavy atom. The molecule has 0 bridgehead atoms. The number of rotatable bonds is 0. The molecule has 1 aliphatic rings. The summed E-state index contributed by atoms with van der Waals surface area (Å²) >= 11 is 0. The van der Waals surface area contributed by atoms with Crippen LogP contribution in [0.3, 0.4) is 0 Å². The molecule has 0 unspecified atom stereocenters. The summed E-state index contributed by atoms with van der Waals surface area (Å²) in [4.78, 5) is 15.2. The number of allylic oxidation sites excluding steroid dienone is 1. The number of pyridine rings is 1. The van der Waals surface area contributed by atoms with Crippen LogP contribution in [-0.2, 0) is 6.42 Å². The standard InChI is InChI=1S/C13H11N3O/c1-8-6-12(17)16-11-5-3-2-4-10(11)15-13(16)9(8)7-14/h2,4,6,15H,3,5H2,1H3. The van der Waals surface area contributed by atoms with E-state index in [0.29, 0.717) is 11.2 Å². The highest BCUT2D eigenvalue weighted by molar-refractivity contribution is 5.65. The topological polar surface area (TPSA) is 61.1 Å². The van der Waals surface area contributed by atoms with Gasteiger partial charge in [0.05, 0.1) is 17.0 Å². The smallest absolute Gasteiger partial charge is 0.256 e. The van der Waals surface area contributed by atoms with Crippen molar-refractivity contribution >= 4 is 11.7 Å². The van der Waals surface area contributed by atoms with Crippen LogP contribution in [0.1, 0.15) is 28.9 Å². The predicted octanol–water partition coefficient (Wildman–Crippen LogP) is 1.77. The Bertz CT molecular complexity index is 741. The largest absolute Gasteiger partial charge is 0.339 e. The van der Waals surface area contributed by atoms with Crippen molar-refractivity contribution in [3.05, 3.63) is 45.0 Å². The number of aromatic nitrogens is 2. The van der Waals surface area contributed by atoms with Crippen LogP contribution in [0, 0.1) is 18.3 Å². The Balaban J connectivity index is 2.54. The first-order valence-corrected chi connectivity index (χ1v) is 5.56. The second-order valence-electron chi connectivity index (χ2n) is 4.26. The maximum atomic E-state index is 12.0. The van der Waals surface area contributed by atoms with E-state index in [9.17, 15) is 4.79 Å². The lowest BCUT2D eigenvalue weighted by molar-refractivity contribution is 0.890. The van der Waals surface area contributed by atoms with Crippen molar-refractivity contribution in [1.82, 2.24) is 9.38 Å². The van der Waals surface area contributed by atoms with E-state index in [4.69, 9.17) is 5.26 Å². The van der Waals surface area contributed by atoms with Gasteiger partial charge in [-0.3, -0.25) is 9.20 Å². The summed E-state index contributed by atoms with van der Waals surface area (Å²) in [5, 5.41) is 9.17. The number of hydrogen-bond donors (Lipinski definition) is 1. The second kappa shape index (κ2) is 3.36. The summed E-state index contributed by atoms with van der Waals surface area (Å²) in [5.74, 6) is 0. The molecule has 0 aromatic carbocycles. The molecule has 2 aromatic rings. The molecule has 1 aliphatic carbocycles. The monoisotopic (exact) mass is 225 g/mol. The van der Waals surface area contributed by atoms with Crippen LogP contribution in [0.25, 0.3) is 11.7 Å². The number of fused-ring (bicyclic) bond motifs is 3. The van der Waals surface area contributed by atoms with Gasteiger partial charge in [0.15, 0.2) is 0 Å². The Kier molecular flexibility index (Phi) is 1.96. The van der Waals surface area contributed by atoms with E-state index in [1.807, 2.05) is 6.08 Å². The van der Waals surface area contributed by atoms with Crippen LogP contribution in [0.15, 0.2) is 16.9 Å². The second-order valence-corrected chi connectivity index (χ2v) is 4.26. The summed E-state index contributed by atoms with van der Waals surface area (Å²) in [6.45, 7) is 1.79. The van der Waals surface area contributed by atoms with Crippen LogP contribution < -0.4 is 5.56 Å². The van der Waals surface area contributed by atoms with Crippen LogP contribution in [0.5, 0.6) is 0 Å². The van der Waals surface area contributed by atoms with Crippen LogP contribution in [0.4, 0.5) is 0 Å². The van der Waals surface area contributed by atoms with Gasteiger partial charge >= 0.3 is 0 Å². The van der Waals surface area contributed by atoms with E-state index >= 15 is 0 Å². The lowest BCUT2D eigenvalue weighted by Crippen LogP contribution is -2.16. The molecular weight excluding hydrogens is 214 g/mol. The number of imidazole rings is 1. The zero-order chi connectivity index (χ0) is 12.0. The molecule has 2 aromatic heterocycles. The third kappa shape index (κ3) is 1.26. The van der Waals surface area contributed by atoms with Gasteiger partial charge in [0.2, 0.25) is 0 Å². The van der Waals surface area contributed by atoms with Gasteiger partial charge in [0.25, 0.3) is 5.56 Å². The summed E-state index contributed by atoms with van der Waals surface area (Å²) in [6.07, 6.45) is 5.81. The number of H-pyrrole nitrogens is 1. The molecule has 0 atom stereocenters. The van der Waals surface area contributed by atoms with Gasteiger partial charge in [-0.1, -0.05) is 6.08 Å². The van der Waals surface area contributed by atoms with Crippen molar-refractivity contribution in [2.24, 2.45) is 0 Å². The lowest BCUT2D eigenvalue weighted by Gasteiger charge is -2.05. The minimum atomic E-state index is -0.0655. The normalized spacial score (nSPS) is 13.6. The molecule has 0 saturated heterocycles. The van der Waals surface area contributed by atoms with Gasteiger partial charge in [-0.2, -0.15) is 5.26 Å². The summed E-state index contributed by atoms with van der Waals surface area (Å²) in [7, 11) is 0. The van der Waals surface area contributed by atoms with Crippen LogP contribution >= 0.6 is 0 Å². The zero-order valence-corrected chi connectivity index (χ0v) is 9.45. The Morgan fingerprint density at radius 2 is 2.35 bits per heavy atom. The number of nitrogens with one attached hydrogen (secondary N) is 1. The van der Waals surface area contributed by atoms with Gasteiger partial charge in [-0.05, 0) is 31.4 Å². The third-order valence-electron chi connectivity index (χ3n) is 3.19. The molecule has 0 fully saturated rings. The molecule has 1 N–H and O–H groups in total. The molecule has 84 valence electrons. The Hall–Kier alpha value is -2.28. The molecule has 0 saturated carbocycles. The fourth-order valence-electron chi connectivity index (χ4n) is 2.38. The predicted molar refractivity (Wildman–Crippen MR) is 64.8 cm³/mol. The fourth-order valence-corrected chi connectivity index (χ4v) is 2.38. The van der Waals surface area contributed by atoms with Gasteiger partial charge in [0.1, 0.15) is 11.7 Å². The molecule has 4 heteroatoms. The SMILES string of the molecule is Cc1cc(=O)n2c3c([nH]c2c1C#N)C=CCC3. The van der Waals surface area contributed by atoms with Crippen molar-refractivity contribution in [2.45, 2.75) is 19.8 Å². The van der Waals surface area contributed by atoms with Gasteiger partial charge in [0, 0.05) is 6.07 Å². The van der Waals surface area contributed by atoms with Crippen molar-refractivity contribution in [3.8, 4) is 6.07 Å². The van der Waals surface area contributed by atoms with E-state index in [0.717, 1.165) is 29.8 Å². The first-order chi connectivity index (χ1) is 8.22. The van der Waals surface area contributed by atoms with Crippen LogP contribution in [0.2, 0.25) is 0 Å². The van der Waals surface area contributed by atoms with E-state index < -0.39 is 0 Å². The highest BCUT2D eigenvalue weighted by Gasteiger charge is 2.17. The molecule has 0 spiro atoms. The maximum absolute atomic E-state index is 12.0. The summed E-state index contributed by atoms with van der Waals surface area (Å²) in [5.41, 5.74) is 3.74. The molecule has 0 amide bonds. The van der Waals surface area contributed by atoms with E-state index in [-0.39, 0.29) is 5.56 Å². The third-order valence-corrected chi connectivity index (χ3v) is 3.19.